The van der Waals surface area contributed by atoms with Gasteiger partial charge in [0.25, 0.3) is 0 Å². The Morgan fingerprint density at radius 2 is 1.00 bits per heavy atom. The molecule has 3 N–H and O–H groups in total. The third-order valence-electron chi connectivity index (χ3n) is 3.65. The highest BCUT2D eigenvalue weighted by molar-refractivity contribution is 5.68. The Labute approximate surface area is 128 Å². The fourth-order valence-corrected chi connectivity index (χ4v) is 2.37. The SMILES string of the molecule is NOC(=O)CCCCCCCCCCCCCCC(=O)O. The average Bonchev–Trinajstić information content (AvgIpc) is 2.46. The minimum atomic E-state index is -0.685. The van der Waals surface area contributed by atoms with Crippen molar-refractivity contribution >= 4 is 11.9 Å². The van der Waals surface area contributed by atoms with E-state index in [1.165, 1.54) is 44.9 Å². The lowest BCUT2D eigenvalue weighted by Gasteiger charge is -2.02. The van der Waals surface area contributed by atoms with E-state index in [4.69, 9.17) is 11.0 Å². The molecule has 0 aliphatic heterocycles. The second-order valence-corrected chi connectivity index (χ2v) is 5.63. The first-order valence-electron chi connectivity index (χ1n) is 8.28. The lowest BCUT2D eigenvalue weighted by molar-refractivity contribution is -0.144. The van der Waals surface area contributed by atoms with Gasteiger partial charge in [-0.15, -0.1) is 0 Å². The van der Waals surface area contributed by atoms with Gasteiger partial charge in [-0.25, -0.2) is 0 Å². The first-order chi connectivity index (χ1) is 10.2. The fourth-order valence-electron chi connectivity index (χ4n) is 2.37. The van der Waals surface area contributed by atoms with Crippen LogP contribution in [0.5, 0.6) is 0 Å². The topological polar surface area (TPSA) is 89.6 Å². The molecule has 0 rings (SSSR count). The summed E-state index contributed by atoms with van der Waals surface area (Å²) in [5.41, 5.74) is 0. The van der Waals surface area contributed by atoms with Crippen LogP contribution < -0.4 is 5.90 Å². The number of carbonyl (C=O) groups is 2. The number of rotatable bonds is 15. The Kier molecular flexibility index (Phi) is 14.5. The van der Waals surface area contributed by atoms with Gasteiger partial charge in [-0.3, -0.25) is 9.59 Å². The van der Waals surface area contributed by atoms with Gasteiger partial charge < -0.3 is 9.94 Å². The van der Waals surface area contributed by atoms with Crippen molar-refractivity contribution in [1.82, 2.24) is 0 Å². The molecule has 0 bridgehead atoms. The summed E-state index contributed by atoms with van der Waals surface area (Å²) < 4.78 is 0. The normalized spacial score (nSPS) is 10.5. The van der Waals surface area contributed by atoms with Gasteiger partial charge in [0.1, 0.15) is 0 Å². The Hall–Kier alpha value is -1.10. The summed E-state index contributed by atoms with van der Waals surface area (Å²) in [5, 5.41) is 8.50. The molecule has 0 heterocycles. The maximum atomic E-state index is 10.8. The molecule has 5 heteroatoms. The highest BCUT2D eigenvalue weighted by atomic mass is 16.7. The predicted molar refractivity (Wildman–Crippen MR) is 82.6 cm³/mol. The maximum absolute atomic E-state index is 10.8. The highest BCUT2D eigenvalue weighted by Crippen LogP contribution is 2.13. The van der Waals surface area contributed by atoms with Gasteiger partial charge in [0.2, 0.25) is 0 Å². The molecule has 0 radical (unpaired) electrons. The number of carboxylic acids is 1. The number of nitrogens with two attached hydrogens (primary N) is 1. The first-order valence-corrected chi connectivity index (χ1v) is 8.28. The number of aliphatic carboxylic acids is 1. The van der Waals surface area contributed by atoms with E-state index >= 15 is 0 Å². The van der Waals surface area contributed by atoms with E-state index in [1.54, 1.807) is 0 Å². The summed E-state index contributed by atoms with van der Waals surface area (Å²) in [4.78, 5) is 25.2. The molecule has 0 fully saturated rings. The van der Waals surface area contributed by atoms with E-state index in [-0.39, 0.29) is 5.97 Å². The highest BCUT2D eigenvalue weighted by Gasteiger charge is 2.00. The van der Waals surface area contributed by atoms with Crippen molar-refractivity contribution in [2.75, 3.05) is 0 Å². The summed E-state index contributed by atoms with van der Waals surface area (Å²) in [6.07, 6.45) is 14.4. The second kappa shape index (κ2) is 15.3. The fraction of sp³-hybridized carbons (Fsp3) is 0.875. The molecule has 0 spiro atoms. The number of hydrogen-bond donors (Lipinski definition) is 2. The molecule has 124 valence electrons. The van der Waals surface area contributed by atoms with Crippen LogP contribution in [-0.4, -0.2) is 17.0 Å². The van der Waals surface area contributed by atoms with E-state index < -0.39 is 5.97 Å². The molecule has 0 aromatic heterocycles. The van der Waals surface area contributed by atoms with E-state index in [9.17, 15) is 9.59 Å². The lowest BCUT2D eigenvalue weighted by atomic mass is 10.0. The van der Waals surface area contributed by atoms with Crippen LogP contribution in [-0.2, 0) is 14.4 Å². The second-order valence-electron chi connectivity index (χ2n) is 5.63. The molecule has 0 saturated carbocycles. The van der Waals surface area contributed by atoms with Gasteiger partial charge in [0.15, 0.2) is 0 Å². The van der Waals surface area contributed by atoms with Gasteiger partial charge in [-0.2, -0.15) is 5.90 Å². The van der Waals surface area contributed by atoms with Crippen LogP contribution in [0.15, 0.2) is 0 Å². The zero-order valence-corrected chi connectivity index (χ0v) is 13.1. The average molecular weight is 301 g/mol. The van der Waals surface area contributed by atoms with E-state index in [0.717, 1.165) is 32.1 Å². The predicted octanol–water partition coefficient (Wildman–Crippen LogP) is 3.95. The van der Waals surface area contributed by atoms with Crippen LogP contribution in [0.2, 0.25) is 0 Å². The Morgan fingerprint density at radius 1 is 0.667 bits per heavy atom. The van der Waals surface area contributed by atoms with Crippen molar-refractivity contribution in [2.45, 2.75) is 89.9 Å². The molecule has 0 saturated heterocycles. The molecular weight excluding hydrogens is 270 g/mol. The molecule has 0 aliphatic carbocycles. The molecule has 5 nitrogen and oxygen atoms in total. The summed E-state index contributed by atoms with van der Waals surface area (Å²) in [6.45, 7) is 0. The molecule has 0 aromatic carbocycles. The smallest absolute Gasteiger partial charge is 0.324 e. The van der Waals surface area contributed by atoms with Gasteiger partial charge in [0.05, 0.1) is 0 Å². The molecule has 0 atom stereocenters. The van der Waals surface area contributed by atoms with Crippen molar-refractivity contribution in [3.8, 4) is 0 Å². The maximum Gasteiger partial charge on any atom is 0.324 e. The van der Waals surface area contributed by atoms with Gasteiger partial charge in [-0.05, 0) is 12.8 Å². The van der Waals surface area contributed by atoms with Crippen molar-refractivity contribution < 1.29 is 19.5 Å². The van der Waals surface area contributed by atoms with Crippen molar-refractivity contribution in [2.24, 2.45) is 5.90 Å². The van der Waals surface area contributed by atoms with E-state index in [0.29, 0.717) is 12.8 Å². The Balaban J connectivity index is 3.02. The van der Waals surface area contributed by atoms with E-state index in [1.807, 2.05) is 0 Å². The Morgan fingerprint density at radius 3 is 1.33 bits per heavy atom. The third kappa shape index (κ3) is 16.8. The van der Waals surface area contributed by atoms with Gasteiger partial charge in [0, 0.05) is 12.8 Å². The summed E-state index contributed by atoms with van der Waals surface area (Å²) in [5.74, 6) is 3.75. The number of unbranched alkanes of at least 4 members (excludes halogenated alkanes) is 11. The van der Waals surface area contributed by atoms with Crippen molar-refractivity contribution in [3.05, 3.63) is 0 Å². The molecule has 0 aliphatic rings. The third-order valence-corrected chi connectivity index (χ3v) is 3.65. The molecule has 21 heavy (non-hydrogen) atoms. The largest absolute Gasteiger partial charge is 0.481 e. The van der Waals surface area contributed by atoms with Crippen LogP contribution in [0.25, 0.3) is 0 Å². The van der Waals surface area contributed by atoms with Crippen molar-refractivity contribution in [1.29, 1.82) is 0 Å². The van der Waals surface area contributed by atoms with Crippen LogP contribution in [0.1, 0.15) is 89.9 Å². The minimum Gasteiger partial charge on any atom is -0.481 e. The quantitative estimate of drug-likeness (QED) is 0.353. The van der Waals surface area contributed by atoms with E-state index in [2.05, 4.69) is 4.84 Å². The van der Waals surface area contributed by atoms with Crippen LogP contribution in [0, 0.1) is 0 Å². The summed E-state index contributed by atoms with van der Waals surface area (Å²) in [7, 11) is 0. The standard InChI is InChI=1S/C16H31NO4/c17-21-16(20)14-12-10-8-6-4-2-1-3-5-7-9-11-13-15(18)19/h1-14,17H2,(H,18,19). The molecule has 0 unspecified atom stereocenters. The summed E-state index contributed by atoms with van der Waals surface area (Å²) >= 11 is 0. The Bertz CT molecular complexity index is 269. The van der Waals surface area contributed by atoms with Gasteiger partial charge >= 0.3 is 11.9 Å². The van der Waals surface area contributed by atoms with Gasteiger partial charge in [-0.1, -0.05) is 64.2 Å². The molecular formula is C16H31NO4. The molecule has 0 amide bonds. The zero-order chi connectivity index (χ0) is 15.8. The van der Waals surface area contributed by atoms with Crippen LogP contribution in [0.4, 0.5) is 0 Å². The summed E-state index contributed by atoms with van der Waals surface area (Å²) in [6, 6.07) is 0. The first kappa shape index (κ1) is 19.9. The van der Waals surface area contributed by atoms with Crippen molar-refractivity contribution in [3.63, 3.8) is 0 Å². The monoisotopic (exact) mass is 301 g/mol. The minimum absolute atomic E-state index is 0.309. The molecule has 0 aromatic rings. The number of hydrogen-bond acceptors (Lipinski definition) is 4. The number of carboxylic acid groups (broad SMARTS) is 1. The zero-order valence-electron chi connectivity index (χ0n) is 13.1. The lowest BCUT2D eigenvalue weighted by Crippen LogP contribution is -2.08. The van der Waals surface area contributed by atoms with Crippen LogP contribution >= 0.6 is 0 Å². The number of carbonyl (C=O) groups excluding carboxylic acids is 1. The van der Waals surface area contributed by atoms with Crippen LogP contribution in [0.3, 0.4) is 0 Å².